The summed E-state index contributed by atoms with van der Waals surface area (Å²) in [6, 6.07) is 5.72. The standard InChI is InChI=1S/C13H17NO4S/c1-5-12(15)18-10-7-6-8-11(9-10)19(16,17)14-13(2,3)4/h5-9,14H,1H2,2-4H3. The molecule has 0 aliphatic rings. The molecule has 5 nitrogen and oxygen atoms in total. The van der Waals surface area contributed by atoms with E-state index in [1.807, 2.05) is 0 Å². The fraction of sp³-hybridized carbons (Fsp3) is 0.308. The number of hydrogen-bond acceptors (Lipinski definition) is 4. The van der Waals surface area contributed by atoms with Gasteiger partial charge in [0.2, 0.25) is 10.0 Å². The van der Waals surface area contributed by atoms with Crippen molar-refractivity contribution in [2.45, 2.75) is 31.2 Å². The molecule has 0 heterocycles. The van der Waals surface area contributed by atoms with Gasteiger partial charge in [-0.05, 0) is 32.9 Å². The number of carbonyl (C=O) groups excluding carboxylic acids is 1. The summed E-state index contributed by atoms with van der Waals surface area (Å²) in [5.74, 6) is -0.486. The predicted octanol–water partition coefficient (Wildman–Crippen LogP) is 1.85. The summed E-state index contributed by atoms with van der Waals surface area (Å²) >= 11 is 0. The van der Waals surface area contributed by atoms with Crippen molar-refractivity contribution >= 4 is 16.0 Å². The third-order valence-electron chi connectivity index (χ3n) is 1.94. The van der Waals surface area contributed by atoms with Crippen molar-refractivity contribution < 1.29 is 17.9 Å². The van der Waals surface area contributed by atoms with Crippen LogP contribution in [-0.4, -0.2) is 19.9 Å². The van der Waals surface area contributed by atoms with Crippen LogP contribution in [0.5, 0.6) is 5.75 Å². The van der Waals surface area contributed by atoms with Crippen molar-refractivity contribution in [2.24, 2.45) is 0 Å². The summed E-state index contributed by atoms with van der Waals surface area (Å²) < 4.78 is 31.6. The number of benzene rings is 1. The first kappa shape index (κ1) is 15.4. The SMILES string of the molecule is C=CC(=O)Oc1cccc(S(=O)(=O)NC(C)(C)C)c1. The first-order valence-electron chi connectivity index (χ1n) is 5.62. The van der Waals surface area contributed by atoms with E-state index in [9.17, 15) is 13.2 Å². The van der Waals surface area contributed by atoms with Crippen molar-refractivity contribution in [1.29, 1.82) is 0 Å². The molecule has 104 valence electrons. The zero-order valence-corrected chi connectivity index (χ0v) is 12.0. The van der Waals surface area contributed by atoms with Crippen LogP contribution in [0.25, 0.3) is 0 Å². The molecule has 0 bridgehead atoms. The molecule has 0 aliphatic heterocycles. The number of hydrogen-bond donors (Lipinski definition) is 1. The first-order chi connectivity index (χ1) is 8.64. The van der Waals surface area contributed by atoms with Crippen LogP contribution in [0.1, 0.15) is 20.8 Å². The average molecular weight is 283 g/mol. The van der Waals surface area contributed by atoms with E-state index in [0.29, 0.717) is 0 Å². The molecule has 0 amide bonds. The molecule has 0 aromatic heterocycles. The van der Waals surface area contributed by atoms with Crippen LogP contribution < -0.4 is 9.46 Å². The van der Waals surface area contributed by atoms with E-state index in [-0.39, 0.29) is 10.6 Å². The molecule has 19 heavy (non-hydrogen) atoms. The Hall–Kier alpha value is -1.66. The van der Waals surface area contributed by atoms with Crippen LogP contribution in [0.15, 0.2) is 41.8 Å². The zero-order valence-electron chi connectivity index (χ0n) is 11.1. The molecule has 0 atom stereocenters. The lowest BCUT2D eigenvalue weighted by molar-refractivity contribution is -0.128. The summed E-state index contributed by atoms with van der Waals surface area (Å²) in [7, 11) is -3.65. The molecule has 0 saturated heterocycles. The first-order valence-corrected chi connectivity index (χ1v) is 7.11. The molecule has 1 aromatic rings. The van der Waals surface area contributed by atoms with Gasteiger partial charge in [-0.25, -0.2) is 17.9 Å². The topological polar surface area (TPSA) is 72.5 Å². The second-order valence-corrected chi connectivity index (χ2v) is 6.64. The van der Waals surface area contributed by atoms with Gasteiger partial charge < -0.3 is 4.74 Å². The maximum atomic E-state index is 12.1. The number of nitrogens with one attached hydrogen (secondary N) is 1. The Morgan fingerprint density at radius 1 is 1.37 bits per heavy atom. The number of rotatable bonds is 4. The normalized spacial score (nSPS) is 11.9. The predicted molar refractivity (Wildman–Crippen MR) is 72.3 cm³/mol. The summed E-state index contributed by atoms with van der Waals surface area (Å²) in [6.45, 7) is 8.50. The summed E-state index contributed by atoms with van der Waals surface area (Å²) in [4.78, 5) is 11.1. The second-order valence-electron chi connectivity index (χ2n) is 4.96. The molecule has 0 unspecified atom stereocenters. The Morgan fingerprint density at radius 3 is 2.53 bits per heavy atom. The van der Waals surface area contributed by atoms with Gasteiger partial charge in [-0.3, -0.25) is 0 Å². The van der Waals surface area contributed by atoms with E-state index in [0.717, 1.165) is 6.08 Å². The Balaban J connectivity index is 3.05. The molecule has 1 N–H and O–H groups in total. The Labute approximate surface area is 113 Å². The highest BCUT2D eigenvalue weighted by Gasteiger charge is 2.22. The minimum atomic E-state index is -3.65. The van der Waals surface area contributed by atoms with Crippen LogP contribution in [0, 0.1) is 0 Å². The van der Waals surface area contributed by atoms with Gasteiger partial charge in [0.25, 0.3) is 0 Å². The number of ether oxygens (including phenoxy) is 1. The lowest BCUT2D eigenvalue weighted by atomic mass is 10.1. The molecular weight excluding hydrogens is 266 g/mol. The lowest BCUT2D eigenvalue weighted by Gasteiger charge is -2.20. The third kappa shape index (κ3) is 4.84. The van der Waals surface area contributed by atoms with Gasteiger partial charge in [0.1, 0.15) is 5.75 Å². The summed E-state index contributed by atoms with van der Waals surface area (Å²) in [5.41, 5.74) is -0.591. The fourth-order valence-electron chi connectivity index (χ4n) is 1.32. The molecular formula is C13H17NO4S. The van der Waals surface area contributed by atoms with Crippen molar-refractivity contribution in [3.63, 3.8) is 0 Å². The average Bonchev–Trinajstić information content (AvgIpc) is 2.26. The maximum Gasteiger partial charge on any atom is 0.335 e. The lowest BCUT2D eigenvalue weighted by Crippen LogP contribution is -2.40. The van der Waals surface area contributed by atoms with Crippen molar-refractivity contribution in [2.75, 3.05) is 0 Å². The van der Waals surface area contributed by atoms with Crippen LogP contribution in [-0.2, 0) is 14.8 Å². The quantitative estimate of drug-likeness (QED) is 0.520. The summed E-state index contributed by atoms with van der Waals surface area (Å²) in [5, 5.41) is 0. The van der Waals surface area contributed by atoms with Gasteiger partial charge in [0.15, 0.2) is 0 Å². The van der Waals surface area contributed by atoms with Crippen LogP contribution >= 0.6 is 0 Å². The van der Waals surface area contributed by atoms with Gasteiger partial charge in [-0.1, -0.05) is 12.6 Å². The monoisotopic (exact) mass is 283 g/mol. The van der Waals surface area contributed by atoms with Gasteiger partial charge in [0, 0.05) is 17.7 Å². The third-order valence-corrected chi connectivity index (χ3v) is 3.70. The van der Waals surface area contributed by atoms with Gasteiger partial charge in [-0.2, -0.15) is 0 Å². The minimum Gasteiger partial charge on any atom is -0.423 e. The molecule has 1 rings (SSSR count). The van der Waals surface area contributed by atoms with E-state index in [2.05, 4.69) is 11.3 Å². The van der Waals surface area contributed by atoms with E-state index >= 15 is 0 Å². The number of carbonyl (C=O) groups is 1. The molecule has 0 spiro atoms. The highest BCUT2D eigenvalue weighted by Crippen LogP contribution is 2.19. The van der Waals surface area contributed by atoms with Crippen molar-refractivity contribution in [1.82, 2.24) is 4.72 Å². The van der Waals surface area contributed by atoms with Gasteiger partial charge in [-0.15, -0.1) is 0 Å². The van der Waals surface area contributed by atoms with Crippen LogP contribution in [0.4, 0.5) is 0 Å². The van der Waals surface area contributed by atoms with E-state index < -0.39 is 21.5 Å². The minimum absolute atomic E-state index is 0.0387. The van der Waals surface area contributed by atoms with Crippen molar-refractivity contribution in [3.05, 3.63) is 36.9 Å². The molecule has 0 radical (unpaired) electrons. The Kier molecular flexibility index (Phi) is 4.49. The zero-order chi connectivity index (χ0) is 14.7. The van der Waals surface area contributed by atoms with E-state index in [1.165, 1.54) is 24.3 Å². The second kappa shape index (κ2) is 5.54. The molecule has 0 fully saturated rings. The van der Waals surface area contributed by atoms with Gasteiger partial charge >= 0.3 is 5.97 Å². The highest BCUT2D eigenvalue weighted by atomic mass is 32.2. The van der Waals surface area contributed by atoms with E-state index in [1.54, 1.807) is 20.8 Å². The van der Waals surface area contributed by atoms with E-state index in [4.69, 9.17) is 4.74 Å². The summed E-state index contributed by atoms with van der Waals surface area (Å²) in [6.07, 6.45) is 1.01. The molecule has 6 heteroatoms. The smallest absolute Gasteiger partial charge is 0.335 e. The van der Waals surface area contributed by atoms with Crippen LogP contribution in [0.3, 0.4) is 0 Å². The van der Waals surface area contributed by atoms with Crippen LogP contribution in [0.2, 0.25) is 0 Å². The van der Waals surface area contributed by atoms with Crippen molar-refractivity contribution in [3.8, 4) is 5.75 Å². The largest absolute Gasteiger partial charge is 0.423 e. The van der Waals surface area contributed by atoms with Gasteiger partial charge in [0.05, 0.1) is 4.90 Å². The maximum absolute atomic E-state index is 12.1. The fourth-order valence-corrected chi connectivity index (χ4v) is 2.78. The molecule has 0 saturated carbocycles. The number of esters is 1. The Bertz CT molecular complexity index is 585. The Morgan fingerprint density at radius 2 is 2.00 bits per heavy atom. The highest BCUT2D eigenvalue weighted by molar-refractivity contribution is 7.89. The number of sulfonamides is 1. The molecule has 0 aliphatic carbocycles. The molecule has 1 aromatic carbocycles.